The molecule has 0 spiro atoms. The monoisotopic (exact) mass is 452 g/mol. The Morgan fingerprint density at radius 2 is 2.16 bits per heavy atom. The summed E-state index contributed by atoms with van der Waals surface area (Å²) in [6, 6.07) is 8.89. The number of halogens is 1. The molecule has 5 aromatic rings. The quantitative estimate of drug-likeness (QED) is 0.351. The van der Waals surface area contributed by atoms with Crippen molar-refractivity contribution in [2.45, 2.75) is 6.42 Å². The lowest BCUT2D eigenvalue weighted by Crippen LogP contribution is -2.15. The average Bonchev–Trinajstić information content (AvgIpc) is 3.52. The van der Waals surface area contributed by atoms with Crippen LogP contribution >= 0.6 is 22.9 Å². The van der Waals surface area contributed by atoms with Crippen LogP contribution in [-0.2, 0) is 11.2 Å². The van der Waals surface area contributed by atoms with E-state index in [0.29, 0.717) is 32.4 Å². The van der Waals surface area contributed by atoms with E-state index in [1.807, 2.05) is 12.1 Å². The number of nitrogens with zero attached hydrogens (tertiary/aromatic N) is 5. The largest absolute Gasteiger partial charge is 0.364 e. The van der Waals surface area contributed by atoms with Crippen LogP contribution in [-0.4, -0.2) is 36.4 Å². The SMILES string of the molecule is O=C(Cc1ccon1)Nc1cc(-c2nnc(Nc3ccc4[nH]ncc4c3Cl)s2)ccn1. The summed E-state index contributed by atoms with van der Waals surface area (Å²) in [4.78, 5) is 16.3. The number of fused-ring (bicyclic) bond motifs is 1. The fraction of sp³-hybridized carbons (Fsp3) is 0.0526. The lowest BCUT2D eigenvalue weighted by atomic mass is 10.2. The fourth-order valence-electron chi connectivity index (χ4n) is 2.90. The van der Waals surface area contributed by atoms with E-state index < -0.39 is 0 Å². The first kappa shape index (κ1) is 19.2. The summed E-state index contributed by atoms with van der Waals surface area (Å²) in [5.74, 6) is 0.159. The maximum atomic E-state index is 12.2. The molecule has 3 N–H and O–H groups in total. The molecule has 0 saturated carbocycles. The van der Waals surface area contributed by atoms with Crippen molar-refractivity contribution in [1.82, 2.24) is 30.5 Å². The molecular weight excluding hydrogens is 440 g/mol. The number of aromatic nitrogens is 6. The van der Waals surface area contributed by atoms with Crippen molar-refractivity contribution >= 4 is 56.4 Å². The number of amides is 1. The van der Waals surface area contributed by atoms with Gasteiger partial charge in [-0.25, -0.2) is 4.98 Å². The number of rotatable bonds is 6. The van der Waals surface area contributed by atoms with Gasteiger partial charge < -0.3 is 15.2 Å². The van der Waals surface area contributed by atoms with Crippen molar-refractivity contribution < 1.29 is 9.32 Å². The summed E-state index contributed by atoms with van der Waals surface area (Å²) in [5, 5.41) is 27.5. The number of H-pyrrole nitrogens is 1. The Labute approximate surface area is 183 Å². The van der Waals surface area contributed by atoms with Crippen molar-refractivity contribution in [2.24, 2.45) is 0 Å². The summed E-state index contributed by atoms with van der Waals surface area (Å²) < 4.78 is 4.73. The van der Waals surface area contributed by atoms with E-state index in [4.69, 9.17) is 16.1 Å². The molecule has 0 atom stereocenters. The van der Waals surface area contributed by atoms with Crippen LogP contribution in [0.4, 0.5) is 16.6 Å². The van der Waals surface area contributed by atoms with E-state index in [1.54, 1.807) is 30.6 Å². The first-order chi connectivity index (χ1) is 15.2. The molecule has 1 amide bonds. The Morgan fingerprint density at radius 3 is 3.03 bits per heavy atom. The van der Waals surface area contributed by atoms with E-state index >= 15 is 0 Å². The minimum atomic E-state index is -0.248. The molecule has 5 rings (SSSR count). The Balaban J connectivity index is 1.31. The third-order valence-corrected chi connectivity index (χ3v) is 5.63. The van der Waals surface area contributed by atoms with E-state index in [9.17, 15) is 4.79 Å². The van der Waals surface area contributed by atoms with Gasteiger partial charge in [-0.2, -0.15) is 5.10 Å². The van der Waals surface area contributed by atoms with Crippen LogP contribution in [0.5, 0.6) is 0 Å². The molecule has 12 heteroatoms. The molecule has 0 unspecified atom stereocenters. The van der Waals surface area contributed by atoms with Gasteiger partial charge in [0.25, 0.3) is 0 Å². The number of aromatic amines is 1. The van der Waals surface area contributed by atoms with Gasteiger partial charge in [-0.3, -0.25) is 9.89 Å². The molecule has 0 fully saturated rings. The maximum absolute atomic E-state index is 12.2. The highest BCUT2D eigenvalue weighted by Gasteiger charge is 2.13. The zero-order valence-electron chi connectivity index (χ0n) is 15.7. The van der Waals surface area contributed by atoms with Gasteiger partial charge in [-0.05, 0) is 24.3 Å². The van der Waals surface area contributed by atoms with Crippen molar-refractivity contribution in [3.05, 3.63) is 59.7 Å². The van der Waals surface area contributed by atoms with Gasteiger partial charge in [0.05, 0.1) is 34.5 Å². The number of carbonyl (C=O) groups excluding carboxylic acids is 1. The van der Waals surface area contributed by atoms with Crippen molar-refractivity contribution in [3.8, 4) is 10.6 Å². The smallest absolute Gasteiger partial charge is 0.231 e. The molecule has 4 heterocycles. The number of anilines is 3. The molecule has 1 aromatic carbocycles. The number of nitrogens with one attached hydrogen (secondary N) is 3. The topological polar surface area (TPSA) is 135 Å². The third-order valence-electron chi connectivity index (χ3n) is 4.33. The second-order valence-electron chi connectivity index (χ2n) is 6.44. The fourth-order valence-corrected chi connectivity index (χ4v) is 3.91. The van der Waals surface area contributed by atoms with E-state index in [-0.39, 0.29) is 12.3 Å². The molecule has 0 aliphatic carbocycles. The van der Waals surface area contributed by atoms with Gasteiger partial charge in [0.15, 0.2) is 0 Å². The summed E-state index contributed by atoms with van der Waals surface area (Å²) in [6.45, 7) is 0. The predicted molar refractivity (Wildman–Crippen MR) is 116 cm³/mol. The second-order valence-corrected chi connectivity index (χ2v) is 7.80. The van der Waals surface area contributed by atoms with Gasteiger partial charge in [0, 0.05) is 23.2 Å². The minimum absolute atomic E-state index is 0.0943. The summed E-state index contributed by atoms with van der Waals surface area (Å²) in [6.07, 6.45) is 4.78. The Bertz CT molecular complexity index is 1360. The summed E-state index contributed by atoms with van der Waals surface area (Å²) >= 11 is 7.80. The van der Waals surface area contributed by atoms with Crippen LogP contribution in [0.3, 0.4) is 0 Å². The molecule has 0 aliphatic heterocycles. The molecule has 31 heavy (non-hydrogen) atoms. The van der Waals surface area contributed by atoms with Crippen LogP contribution in [0.15, 0.2) is 53.5 Å². The molecule has 10 nitrogen and oxygen atoms in total. The molecular formula is C19H13ClN8O2S. The molecule has 0 bridgehead atoms. The first-order valence-corrected chi connectivity index (χ1v) is 10.2. The summed E-state index contributed by atoms with van der Waals surface area (Å²) in [5.41, 5.74) is 2.87. The maximum Gasteiger partial charge on any atom is 0.231 e. The van der Waals surface area contributed by atoms with Crippen molar-refractivity contribution in [2.75, 3.05) is 10.6 Å². The lowest BCUT2D eigenvalue weighted by molar-refractivity contribution is -0.115. The van der Waals surface area contributed by atoms with Gasteiger partial charge in [-0.15, -0.1) is 10.2 Å². The molecule has 0 saturated heterocycles. The van der Waals surface area contributed by atoms with E-state index in [0.717, 1.165) is 16.5 Å². The standard InChI is InChI=1S/C19H13ClN8O2S/c20-17-12-9-22-25-13(12)1-2-14(17)23-19-27-26-18(31-19)10-3-5-21-15(7-10)24-16(29)8-11-4-6-30-28-11/h1-7,9H,8H2,(H,22,25)(H,23,27)(H,21,24,29). The van der Waals surface area contributed by atoms with E-state index in [1.165, 1.54) is 17.6 Å². The third kappa shape index (κ3) is 4.09. The molecule has 0 aliphatic rings. The highest BCUT2D eigenvalue weighted by molar-refractivity contribution is 7.18. The number of hydrogen-bond donors (Lipinski definition) is 3. The second kappa shape index (κ2) is 8.13. The zero-order chi connectivity index (χ0) is 21.2. The minimum Gasteiger partial charge on any atom is -0.364 e. The lowest BCUT2D eigenvalue weighted by Gasteiger charge is -2.05. The zero-order valence-corrected chi connectivity index (χ0v) is 17.2. The van der Waals surface area contributed by atoms with Gasteiger partial charge >= 0.3 is 0 Å². The van der Waals surface area contributed by atoms with E-state index in [2.05, 4.69) is 41.2 Å². The number of hydrogen-bond acceptors (Lipinski definition) is 9. The summed E-state index contributed by atoms with van der Waals surface area (Å²) in [7, 11) is 0. The number of pyridine rings is 1. The highest BCUT2D eigenvalue weighted by Crippen LogP contribution is 2.34. The Morgan fingerprint density at radius 1 is 1.23 bits per heavy atom. The van der Waals surface area contributed by atoms with Gasteiger partial charge in [0.2, 0.25) is 11.0 Å². The van der Waals surface area contributed by atoms with Crippen molar-refractivity contribution in [1.29, 1.82) is 0 Å². The van der Waals surface area contributed by atoms with Crippen molar-refractivity contribution in [3.63, 3.8) is 0 Å². The first-order valence-electron chi connectivity index (χ1n) is 9.03. The Hall–Kier alpha value is -3.83. The predicted octanol–water partition coefficient (Wildman–Crippen LogP) is 4.04. The normalized spacial score (nSPS) is 11.0. The highest BCUT2D eigenvalue weighted by atomic mass is 35.5. The molecule has 0 radical (unpaired) electrons. The van der Waals surface area contributed by atoms with Crippen LogP contribution in [0, 0.1) is 0 Å². The van der Waals surface area contributed by atoms with Crippen LogP contribution < -0.4 is 10.6 Å². The van der Waals surface area contributed by atoms with Crippen LogP contribution in [0.1, 0.15) is 5.69 Å². The van der Waals surface area contributed by atoms with Crippen LogP contribution in [0.25, 0.3) is 21.5 Å². The molecule has 154 valence electrons. The van der Waals surface area contributed by atoms with Gasteiger partial charge in [-0.1, -0.05) is 28.1 Å². The average molecular weight is 453 g/mol. The van der Waals surface area contributed by atoms with Crippen LogP contribution in [0.2, 0.25) is 5.02 Å². The number of benzene rings is 1. The molecule has 4 aromatic heterocycles. The Kier molecular flexibility index (Phi) is 5.02. The van der Waals surface area contributed by atoms with Gasteiger partial charge in [0.1, 0.15) is 17.1 Å². The number of carbonyl (C=O) groups is 1.